The van der Waals surface area contributed by atoms with Gasteiger partial charge in [-0.3, -0.25) is 24.0 Å². The van der Waals surface area contributed by atoms with Crippen molar-refractivity contribution in [1.29, 1.82) is 0 Å². The molecule has 0 fully saturated rings. The van der Waals surface area contributed by atoms with Crippen molar-refractivity contribution < 1.29 is 39.0 Å². The van der Waals surface area contributed by atoms with Gasteiger partial charge in [-0.25, -0.2) is 9.78 Å². The van der Waals surface area contributed by atoms with Crippen LogP contribution in [0.5, 0.6) is 0 Å². The summed E-state index contributed by atoms with van der Waals surface area (Å²) in [7, 11) is 0. The van der Waals surface area contributed by atoms with Crippen LogP contribution in [0, 0.1) is 5.92 Å². The molecule has 1 aromatic heterocycles. The van der Waals surface area contributed by atoms with Gasteiger partial charge < -0.3 is 42.6 Å². The maximum Gasteiger partial charge on any atom is 0.326 e. The molecule has 1 heterocycles. The van der Waals surface area contributed by atoms with E-state index >= 15 is 0 Å². The number of nitrogens with two attached hydrogens (primary N) is 2. The zero-order valence-electron chi connectivity index (χ0n) is 20.0. The lowest BCUT2D eigenvalue weighted by Crippen LogP contribution is -2.58. The van der Waals surface area contributed by atoms with Gasteiger partial charge in [0.05, 0.1) is 18.8 Å². The third-order valence-corrected chi connectivity index (χ3v) is 5.48. The number of primary amides is 1. The van der Waals surface area contributed by atoms with Crippen LogP contribution >= 0.6 is 0 Å². The number of carbonyl (C=O) groups is 6. The van der Waals surface area contributed by atoms with Crippen molar-refractivity contribution in [2.45, 2.75) is 70.1 Å². The Morgan fingerprint density at radius 1 is 1.00 bits per heavy atom. The van der Waals surface area contributed by atoms with Gasteiger partial charge >= 0.3 is 11.9 Å². The molecule has 0 radical (unpaired) electrons. The minimum absolute atomic E-state index is 0.181. The standard InChI is InChI=1S/C21H33N7O8/c1-3-10(2)17(23)20(34)26-12(4-5-15(22)29)18(32)27-13(7-16(30)31)19(33)28-14(21(35)36)6-11-8-24-9-25-11/h8-10,12-14,17H,3-7,23H2,1-2H3,(H2,22,29)(H,24,25)(H,26,34)(H,27,32)(H,28,33)(H,30,31)(H,35,36). The maximum atomic E-state index is 12.9. The highest BCUT2D eigenvalue weighted by atomic mass is 16.4. The maximum absolute atomic E-state index is 12.9. The van der Waals surface area contributed by atoms with E-state index in [1.165, 1.54) is 12.5 Å². The predicted molar refractivity (Wildman–Crippen MR) is 124 cm³/mol. The van der Waals surface area contributed by atoms with E-state index in [1.54, 1.807) is 6.92 Å². The smallest absolute Gasteiger partial charge is 0.326 e. The van der Waals surface area contributed by atoms with Gasteiger partial charge in [0.15, 0.2) is 0 Å². The number of H-pyrrole nitrogens is 1. The van der Waals surface area contributed by atoms with Crippen molar-refractivity contribution in [2.24, 2.45) is 17.4 Å². The van der Waals surface area contributed by atoms with Crippen molar-refractivity contribution in [3.8, 4) is 0 Å². The molecule has 1 aromatic rings. The van der Waals surface area contributed by atoms with Crippen LogP contribution in [-0.2, 0) is 35.2 Å². The molecule has 0 saturated carbocycles. The van der Waals surface area contributed by atoms with Crippen LogP contribution in [0.4, 0.5) is 0 Å². The molecule has 5 unspecified atom stereocenters. The van der Waals surface area contributed by atoms with Crippen LogP contribution in [0.15, 0.2) is 12.5 Å². The number of imidazole rings is 1. The zero-order valence-corrected chi connectivity index (χ0v) is 20.0. The number of aliphatic carboxylic acids is 2. The summed E-state index contributed by atoms with van der Waals surface area (Å²) in [6, 6.07) is -5.46. The number of nitrogens with one attached hydrogen (secondary N) is 4. The quantitative estimate of drug-likeness (QED) is 0.117. The molecule has 200 valence electrons. The fourth-order valence-corrected chi connectivity index (χ4v) is 3.08. The molecule has 5 atom stereocenters. The summed E-state index contributed by atoms with van der Waals surface area (Å²) in [4.78, 5) is 78.7. The fraction of sp³-hybridized carbons (Fsp3) is 0.571. The number of hydrogen-bond donors (Lipinski definition) is 8. The van der Waals surface area contributed by atoms with Gasteiger partial charge in [-0.15, -0.1) is 0 Å². The summed E-state index contributed by atoms with van der Waals surface area (Å²) in [5.74, 6) is -6.55. The van der Waals surface area contributed by atoms with E-state index in [9.17, 15) is 39.0 Å². The third-order valence-electron chi connectivity index (χ3n) is 5.48. The molecular weight excluding hydrogens is 478 g/mol. The normalized spacial score (nSPS) is 15.0. The second kappa shape index (κ2) is 14.4. The molecule has 0 bridgehead atoms. The molecule has 15 nitrogen and oxygen atoms in total. The Bertz CT molecular complexity index is 937. The number of aromatic amines is 1. The van der Waals surface area contributed by atoms with E-state index < -0.39 is 66.2 Å². The minimum Gasteiger partial charge on any atom is -0.481 e. The van der Waals surface area contributed by atoms with Crippen molar-refractivity contribution in [3.63, 3.8) is 0 Å². The summed E-state index contributed by atoms with van der Waals surface area (Å²) in [6.45, 7) is 3.55. The summed E-state index contributed by atoms with van der Waals surface area (Å²) >= 11 is 0. The first-order valence-corrected chi connectivity index (χ1v) is 11.2. The molecule has 0 spiro atoms. The monoisotopic (exact) mass is 511 g/mol. The molecule has 0 aliphatic rings. The number of aromatic nitrogens is 2. The van der Waals surface area contributed by atoms with Crippen molar-refractivity contribution in [3.05, 3.63) is 18.2 Å². The second-order valence-electron chi connectivity index (χ2n) is 8.32. The first kappa shape index (κ1) is 30.0. The zero-order chi connectivity index (χ0) is 27.4. The molecular formula is C21H33N7O8. The summed E-state index contributed by atoms with van der Waals surface area (Å²) in [5, 5.41) is 25.5. The molecule has 0 saturated heterocycles. The van der Waals surface area contributed by atoms with Gasteiger partial charge in [0.2, 0.25) is 23.6 Å². The molecule has 0 aliphatic carbocycles. The molecule has 10 N–H and O–H groups in total. The molecule has 4 amide bonds. The Labute approximate surface area is 206 Å². The minimum atomic E-state index is -1.69. The van der Waals surface area contributed by atoms with E-state index in [2.05, 4.69) is 25.9 Å². The van der Waals surface area contributed by atoms with E-state index in [-0.39, 0.29) is 25.2 Å². The Morgan fingerprint density at radius 3 is 2.08 bits per heavy atom. The molecule has 1 rings (SSSR count). The number of carboxylic acid groups (broad SMARTS) is 2. The van der Waals surface area contributed by atoms with Crippen molar-refractivity contribution in [1.82, 2.24) is 25.9 Å². The van der Waals surface area contributed by atoms with Crippen molar-refractivity contribution in [2.75, 3.05) is 0 Å². The van der Waals surface area contributed by atoms with Crippen LogP contribution in [0.2, 0.25) is 0 Å². The van der Waals surface area contributed by atoms with E-state index in [4.69, 9.17) is 11.5 Å². The lowest BCUT2D eigenvalue weighted by Gasteiger charge is -2.25. The molecule has 0 aliphatic heterocycles. The van der Waals surface area contributed by atoms with Gasteiger partial charge in [0.1, 0.15) is 18.1 Å². The van der Waals surface area contributed by atoms with E-state index in [0.29, 0.717) is 12.1 Å². The first-order valence-electron chi connectivity index (χ1n) is 11.2. The summed E-state index contributed by atoms with van der Waals surface area (Å²) < 4.78 is 0. The van der Waals surface area contributed by atoms with Crippen LogP contribution in [0.25, 0.3) is 0 Å². The molecule has 15 heteroatoms. The Balaban J connectivity index is 3.03. The third kappa shape index (κ3) is 10.1. The SMILES string of the molecule is CCC(C)C(N)C(=O)NC(CCC(N)=O)C(=O)NC(CC(=O)O)C(=O)NC(Cc1cnc[nH]1)C(=O)O. The highest BCUT2D eigenvalue weighted by molar-refractivity contribution is 5.95. The highest BCUT2D eigenvalue weighted by Gasteiger charge is 2.32. The Hall–Kier alpha value is -4.01. The number of hydrogen-bond acceptors (Lipinski definition) is 8. The number of carbonyl (C=O) groups excluding carboxylic acids is 4. The first-order chi connectivity index (χ1) is 16.8. The Kier molecular flexibility index (Phi) is 12.0. The van der Waals surface area contributed by atoms with Gasteiger partial charge in [-0.1, -0.05) is 20.3 Å². The molecule has 0 aromatic carbocycles. The van der Waals surface area contributed by atoms with Gasteiger partial charge in [0, 0.05) is 24.7 Å². The lowest BCUT2D eigenvalue weighted by molar-refractivity contribution is -0.143. The van der Waals surface area contributed by atoms with E-state index in [0.717, 1.165) is 0 Å². The average molecular weight is 512 g/mol. The lowest BCUT2D eigenvalue weighted by atomic mass is 9.98. The number of nitrogens with zero attached hydrogens (tertiary/aromatic N) is 1. The van der Waals surface area contributed by atoms with Crippen LogP contribution < -0.4 is 27.4 Å². The van der Waals surface area contributed by atoms with Crippen LogP contribution in [0.1, 0.15) is 45.2 Å². The van der Waals surface area contributed by atoms with Gasteiger partial charge in [-0.2, -0.15) is 0 Å². The van der Waals surface area contributed by atoms with Gasteiger partial charge in [0.25, 0.3) is 0 Å². The fourth-order valence-electron chi connectivity index (χ4n) is 3.08. The predicted octanol–water partition coefficient (Wildman–Crippen LogP) is -2.40. The van der Waals surface area contributed by atoms with Crippen LogP contribution in [0.3, 0.4) is 0 Å². The Morgan fingerprint density at radius 2 is 1.58 bits per heavy atom. The number of rotatable bonds is 16. The van der Waals surface area contributed by atoms with Crippen LogP contribution in [-0.4, -0.2) is 79.9 Å². The van der Waals surface area contributed by atoms with E-state index in [1.807, 2.05) is 6.92 Å². The average Bonchev–Trinajstić information content (AvgIpc) is 3.32. The van der Waals surface area contributed by atoms with Crippen molar-refractivity contribution >= 4 is 35.6 Å². The topological polar surface area (TPSA) is 260 Å². The summed E-state index contributed by atoms with van der Waals surface area (Å²) in [5.41, 5.74) is 11.4. The highest BCUT2D eigenvalue weighted by Crippen LogP contribution is 2.08. The second-order valence-corrected chi connectivity index (χ2v) is 8.32. The number of amides is 4. The summed E-state index contributed by atoms with van der Waals surface area (Å²) in [6.07, 6.45) is 1.66. The number of carboxylic acids is 2. The van der Waals surface area contributed by atoms with Gasteiger partial charge in [-0.05, 0) is 12.3 Å². The largest absolute Gasteiger partial charge is 0.481 e. The molecule has 36 heavy (non-hydrogen) atoms.